The Morgan fingerprint density at radius 3 is 2.65 bits per heavy atom. The highest BCUT2D eigenvalue weighted by Crippen LogP contribution is 2.32. The smallest absolute Gasteiger partial charge is 0.359 e. The average Bonchev–Trinajstić information content (AvgIpc) is 2.64. The van der Waals surface area contributed by atoms with Crippen molar-refractivity contribution in [2.75, 3.05) is 0 Å². The largest absolute Gasteiger partial charge is 0.476 e. The van der Waals surface area contributed by atoms with Crippen LogP contribution in [0, 0.1) is 5.82 Å². The van der Waals surface area contributed by atoms with E-state index in [1.165, 1.54) is 12.1 Å². The molecule has 0 aliphatic carbocycles. The Bertz CT molecular complexity index is 597. The summed E-state index contributed by atoms with van der Waals surface area (Å²) in [7, 11) is 0. The first kappa shape index (κ1) is 11.9. The van der Waals surface area contributed by atoms with Crippen molar-refractivity contribution in [1.29, 1.82) is 0 Å². The number of benzene rings is 1. The van der Waals surface area contributed by atoms with Crippen molar-refractivity contribution < 1.29 is 18.8 Å². The van der Waals surface area contributed by atoms with Crippen LogP contribution in [0.3, 0.4) is 0 Å². The topological polar surface area (TPSA) is 63.3 Å². The van der Waals surface area contributed by atoms with Crippen molar-refractivity contribution >= 4 is 29.2 Å². The molecule has 0 radical (unpaired) electrons. The number of nitrogens with zero attached hydrogens (tertiary/aromatic N) is 1. The molecule has 1 aromatic heterocycles. The van der Waals surface area contributed by atoms with Crippen molar-refractivity contribution in [3.8, 4) is 11.3 Å². The first-order valence-corrected chi connectivity index (χ1v) is 5.10. The molecule has 7 heteroatoms. The Balaban J connectivity index is 2.53. The Hall–Kier alpha value is -1.59. The normalized spacial score (nSPS) is 10.5. The highest BCUT2D eigenvalue weighted by Gasteiger charge is 2.21. The van der Waals surface area contributed by atoms with E-state index in [2.05, 4.69) is 5.16 Å². The summed E-state index contributed by atoms with van der Waals surface area (Å²) in [6.45, 7) is 0. The SMILES string of the molecule is O=C(O)c1noc(-c2ccc(Cl)c(F)c2)c1Cl. The molecule has 2 aromatic rings. The first-order chi connectivity index (χ1) is 8.00. The summed E-state index contributed by atoms with van der Waals surface area (Å²) in [5.41, 5.74) is -0.158. The minimum Gasteiger partial charge on any atom is -0.476 e. The molecule has 0 atom stereocenters. The molecule has 0 fully saturated rings. The van der Waals surface area contributed by atoms with E-state index in [1.54, 1.807) is 0 Å². The molecule has 1 N–H and O–H groups in total. The lowest BCUT2D eigenvalue weighted by molar-refractivity contribution is 0.0686. The summed E-state index contributed by atoms with van der Waals surface area (Å²) in [4.78, 5) is 10.7. The summed E-state index contributed by atoms with van der Waals surface area (Å²) < 4.78 is 18.0. The second kappa shape index (κ2) is 4.35. The number of carboxylic acids is 1. The van der Waals surface area contributed by atoms with E-state index in [0.29, 0.717) is 0 Å². The highest BCUT2D eigenvalue weighted by atomic mass is 35.5. The summed E-state index contributed by atoms with van der Waals surface area (Å²) in [6.07, 6.45) is 0. The fourth-order valence-electron chi connectivity index (χ4n) is 1.23. The maximum absolute atomic E-state index is 13.2. The maximum atomic E-state index is 13.2. The van der Waals surface area contributed by atoms with E-state index < -0.39 is 17.5 Å². The van der Waals surface area contributed by atoms with Gasteiger partial charge in [0, 0.05) is 5.56 Å². The number of halogens is 3. The molecular weight excluding hydrogens is 272 g/mol. The van der Waals surface area contributed by atoms with E-state index in [1.807, 2.05) is 0 Å². The van der Waals surface area contributed by atoms with Crippen molar-refractivity contribution in [1.82, 2.24) is 5.16 Å². The lowest BCUT2D eigenvalue weighted by Crippen LogP contribution is -1.96. The van der Waals surface area contributed by atoms with Crippen LogP contribution in [0.2, 0.25) is 10.0 Å². The van der Waals surface area contributed by atoms with Gasteiger partial charge in [-0.25, -0.2) is 9.18 Å². The van der Waals surface area contributed by atoms with Crippen LogP contribution in [-0.4, -0.2) is 16.2 Å². The number of hydrogen-bond donors (Lipinski definition) is 1. The van der Waals surface area contributed by atoms with E-state index >= 15 is 0 Å². The van der Waals surface area contributed by atoms with Crippen LogP contribution in [0.4, 0.5) is 4.39 Å². The maximum Gasteiger partial charge on any atom is 0.359 e. The fourth-order valence-corrected chi connectivity index (χ4v) is 1.61. The lowest BCUT2D eigenvalue weighted by atomic mass is 10.1. The summed E-state index contributed by atoms with van der Waals surface area (Å²) in [5, 5.41) is 11.8. The van der Waals surface area contributed by atoms with Gasteiger partial charge in [0.1, 0.15) is 10.8 Å². The van der Waals surface area contributed by atoms with Crippen molar-refractivity contribution in [3.05, 3.63) is 39.8 Å². The van der Waals surface area contributed by atoms with Gasteiger partial charge >= 0.3 is 5.97 Å². The number of aromatic carboxylic acids is 1. The number of hydrogen-bond acceptors (Lipinski definition) is 3. The zero-order valence-corrected chi connectivity index (χ0v) is 9.59. The summed E-state index contributed by atoms with van der Waals surface area (Å²) >= 11 is 11.3. The van der Waals surface area contributed by atoms with Crippen LogP contribution in [0.15, 0.2) is 22.7 Å². The molecule has 2 rings (SSSR count). The monoisotopic (exact) mass is 275 g/mol. The first-order valence-electron chi connectivity index (χ1n) is 4.34. The average molecular weight is 276 g/mol. The van der Waals surface area contributed by atoms with Crippen LogP contribution < -0.4 is 0 Å². The summed E-state index contributed by atoms with van der Waals surface area (Å²) in [5.74, 6) is -1.99. The molecule has 0 aliphatic heterocycles. The van der Waals surface area contributed by atoms with Crippen LogP contribution in [0.1, 0.15) is 10.5 Å². The lowest BCUT2D eigenvalue weighted by Gasteiger charge is -1.98. The summed E-state index contributed by atoms with van der Waals surface area (Å²) in [6, 6.07) is 3.84. The van der Waals surface area contributed by atoms with Gasteiger partial charge in [0.2, 0.25) is 5.69 Å². The van der Waals surface area contributed by atoms with Crippen LogP contribution in [-0.2, 0) is 0 Å². The molecule has 0 unspecified atom stereocenters. The second-order valence-electron chi connectivity index (χ2n) is 3.11. The zero-order valence-electron chi connectivity index (χ0n) is 8.08. The van der Waals surface area contributed by atoms with E-state index in [9.17, 15) is 9.18 Å². The van der Waals surface area contributed by atoms with Gasteiger partial charge in [-0.15, -0.1) is 0 Å². The van der Waals surface area contributed by atoms with Gasteiger partial charge in [-0.05, 0) is 18.2 Å². The second-order valence-corrected chi connectivity index (χ2v) is 3.89. The minimum absolute atomic E-state index is 0.0142. The van der Waals surface area contributed by atoms with Gasteiger partial charge in [0.25, 0.3) is 0 Å². The van der Waals surface area contributed by atoms with Gasteiger partial charge in [-0.1, -0.05) is 28.4 Å². The molecule has 17 heavy (non-hydrogen) atoms. The van der Waals surface area contributed by atoms with E-state index in [0.717, 1.165) is 6.07 Å². The van der Waals surface area contributed by atoms with E-state index in [4.69, 9.17) is 32.8 Å². The molecule has 1 aromatic carbocycles. The van der Waals surface area contributed by atoms with Gasteiger partial charge in [-0.2, -0.15) is 0 Å². The molecule has 0 spiro atoms. The van der Waals surface area contributed by atoms with E-state index in [-0.39, 0.29) is 21.4 Å². The quantitative estimate of drug-likeness (QED) is 0.911. The fraction of sp³-hybridized carbons (Fsp3) is 0. The Labute approximate surface area is 105 Å². The van der Waals surface area contributed by atoms with Gasteiger partial charge in [-0.3, -0.25) is 0 Å². The number of rotatable bonds is 2. The number of carbonyl (C=O) groups is 1. The van der Waals surface area contributed by atoms with Crippen molar-refractivity contribution in [2.45, 2.75) is 0 Å². The van der Waals surface area contributed by atoms with Gasteiger partial charge in [0.15, 0.2) is 5.76 Å². The molecule has 88 valence electrons. The Morgan fingerprint density at radius 2 is 2.12 bits per heavy atom. The standard InChI is InChI=1S/C10H4Cl2FNO3/c11-5-2-1-4(3-6(5)13)9-7(12)8(10(15)16)14-17-9/h1-3H,(H,15,16). The van der Waals surface area contributed by atoms with Crippen molar-refractivity contribution in [3.63, 3.8) is 0 Å². The van der Waals surface area contributed by atoms with Gasteiger partial charge in [0.05, 0.1) is 5.02 Å². The predicted molar refractivity (Wildman–Crippen MR) is 58.9 cm³/mol. The molecule has 1 heterocycles. The van der Waals surface area contributed by atoms with Crippen LogP contribution >= 0.6 is 23.2 Å². The van der Waals surface area contributed by atoms with Crippen molar-refractivity contribution in [2.24, 2.45) is 0 Å². The minimum atomic E-state index is -1.32. The van der Waals surface area contributed by atoms with Crippen LogP contribution in [0.5, 0.6) is 0 Å². The van der Waals surface area contributed by atoms with Gasteiger partial charge < -0.3 is 9.63 Å². The Morgan fingerprint density at radius 1 is 1.41 bits per heavy atom. The number of aromatic nitrogens is 1. The third-order valence-corrected chi connectivity index (χ3v) is 2.68. The number of carboxylic acid groups (broad SMARTS) is 1. The Kier molecular flexibility index (Phi) is 3.04. The molecule has 0 bridgehead atoms. The molecule has 0 aliphatic rings. The third-order valence-electron chi connectivity index (χ3n) is 2.02. The highest BCUT2D eigenvalue weighted by molar-refractivity contribution is 6.35. The molecular formula is C10H4Cl2FNO3. The molecule has 0 amide bonds. The predicted octanol–water partition coefficient (Wildman–Crippen LogP) is 3.49. The molecule has 4 nitrogen and oxygen atoms in total. The van der Waals surface area contributed by atoms with Crippen LogP contribution in [0.25, 0.3) is 11.3 Å². The molecule has 0 saturated carbocycles. The third kappa shape index (κ3) is 2.11. The zero-order chi connectivity index (χ0) is 12.6. The molecule has 0 saturated heterocycles.